The molecule has 2 heterocycles. The highest BCUT2D eigenvalue weighted by Crippen LogP contribution is 2.26. The van der Waals surface area contributed by atoms with Gasteiger partial charge >= 0.3 is 5.97 Å². The highest BCUT2D eigenvalue weighted by Gasteiger charge is 2.19. The lowest BCUT2D eigenvalue weighted by Gasteiger charge is -2.09. The van der Waals surface area contributed by atoms with Crippen LogP contribution in [0.5, 0.6) is 5.88 Å². The molecule has 2 aromatic heterocycles. The Balaban J connectivity index is 2.73. The number of carbonyl (C=O) groups excluding carboxylic acids is 1. The van der Waals surface area contributed by atoms with Crippen LogP contribution in [-0.2, 0) is 9.53 Å². The summed E-state index contributed by atoms with van der Waals surface area (Å²) in [6.07, 6.45) is 1.01. The van der Waals surface area contributed by atoms with Crippen LogP contribution in [0, 0.1) is 5.82 Å². The van der Waals surface area contributed by atoms with Crippen molar-refractivity contribution in [3.8, 4) is 5.88 Å². The molecule has 0 aliphatic rings. The minimum absolute atomic E-state index is 0.0317. The molecular weight excluding hydrogens is 251 g/mol. The molecule has 2 aromatic rings. The maximum absolute atomic E-state index is 13.9. The summed E-state index contributed by atoms with van der Waals surface area (Å²) in [6.45, 7) is 3.54. The van der Waals surface area contributed by atoms with Crippen molar-refractivity contribution in [3.63, 3.8) is 0 Å². The largest absolute Gasteiger partial charge is 0.481 e. The van der Waals surface area contributed by atoms with E-state index >= 15 is 0 Å². The molecule has 0 aromatic carbocycles. The second kappa shape index (κ2) is 5.01. The molecule has 0 aliphatic heterocycles. The fourth-order valence-corrected chi connectivity index (χ4v) is 1.65. The van der Waals surface area contributed by atoms with Gasteiger partial charge in [-0.1, -0.05) is 6.58 Å². The number of nitrogens with zero attached hydrogens (tertiary/aromatic N) is 2. The average Bonchev–Trinajstić information content (AvgIpc) is 2.44. The predicted octanol–water partition coefficient (Wildman–Crippen LogP) is 1.96. The Morgan fingerprint density at radius 2 is 2.11 bits per heavy atom. The summed E-state index contributed by atoms with van der Waals surface area (Å²) in [7, 11) is 2.64. The lowest BCUT2D eigenvalue weighted by atomic mass is 10.1. The third-order valence-corrected chi connectivity index (χ3v) is 2.58. The summed E-state index contributed by atoms with van der Waals surface area (Å²) in [4.78, 5) is 19.5. The fraction of sp³-hybridized carbons (Fsp3) is 0.154. The quantitative estimate of drug-likeness (QED) is 0.625. The smallest absolute Gasteiger partial charge is 0.338 e. The van der Waals surface area contributed by atoms with Gasteiger partial charge in [-0.15, -0.1) is 0 Å². The van der Waals surface area contributed by atoms with Gasteiger partial charge in [0.15, 0.2) is 5.82 Å². The van der Waals surface area contributed by atoms with Crippen LogP contribution in [0.15, 0.2) is 24.9 Å². The first-order valence-electron chi connectivity index (χ1n) is 5.35. The molecule has 0 bridgehead atoms. The summed E-state index contributed by atoms with van der Waals surface area (Å²) in [6, 6.07) is 3.21. The van der Waals surface area contributed by atoms with Crippen LogP contribution < -0.4 is 4.74 Å². The Labute approximate surface area is 108 Å². The molecule has 0 unspecified atom stereocenters. The molecule has 0 spiro atoms. The molecule has 5 nitrogen and oxygen atoms in total. The highest BCUT2D eigenvalue weighted by molar-refractivity contribution is 6.18. The Hall–Kier alpha value is -2.50. The number of pyridine rings is 2. The standard InChI is InChI=1S/C13H11FN2O3/c1-7(13(17)19-3)11-8(14)6-15-9-4-5-10(18-2)16-12(9)11/h4-6H,1H2,2-3H3. The summed E-state index contributed by atoms with van der Waals surface area (Å²) < 4.78 is 23.4. The molecule has 0 aliphatic carbocycles. The summed E-state index contributed by atoms with van der Waals surface area (Å²) in [5.41, 5.74) is 0.487. The molecular formula is C13H11FN2O3. The molecule has 2 rings (SSSR count). The zero-order chi connectivity index (χ0) is 14.0. The maximum Gasteiger partial charge on any atom is 0.338 e. The molecule has 0 saturated carbocycles. The second-order valence-electron chi connectivity index (χ2n) is 3.67. The fourth-order valence-electron chi connectivity index (χ4n) is 1.65. The van der Waals surface area contributed by atoms with Crippen LogP contribution in [0.2, 0.25) is 0 Å². The second-order valence-corrected chi connectivity index (χ2v) is 3.67. The van der Waals surface area contributed by atoms with E-state index in [-0.39, 0.29) is 16.7 Å². The summed E-state index contributed by atoms with van der Waals surface area (Å²) in [5, 5.41) is 0. The van der Waals surface area contributed by atoms with E-state index in [1.54, 1.807) is 12.1 Å². The molecule has 0 saturated heterocycles. The van der Waals surface area contributed by atoms with Crippen LogP contribution in [0.1, 0.15) is 5.56 Å². The number of hydrogen-bond acceptors (Lipinski definition) is 5. The topological polar surface area (TPSA) is 61.3 Å². The predicted molar refractivity (Wildman–Crippen MR) is 67.1 cm³/mol. The normalized spacial score (nSPS) is 10.3. The number of ether oxygens (including phenoxy) is 2. The van der Waals surface area contributed by atoms with Gasteiger partial charge in [-0.2, -0.15) is 0 Å². The lowest BCUT2D eigenvalue weighted by molar-refractivity contribution is -0.133. The van der Waals surface area contributed by atoms with Crippen molar-refractivity contribution in [3.05, 3.63) is 36.3 Å². The van der Waals surface area contributed by atoms with Crippen LogP contribution in [-0.4, -0.2) is 30.2 Å². The Kier molecular flexibility index (Phi) is 3.41. The molecule has 0 radical (unpaired) electrons. The van der Waals surface area contributed by atoms with E-state index in [0.717, 1.165) is 6.20 Å². The zero-order valence-electron chi connectivity index (χ0n) is 10.4. The number of aromatic nitrogens is 2. The van der Waals surface area contributed by atoms with Gasteiger partial charge in [-0.3, -0.25) is 4.98 Å². The van der Waals surface area contributed by atoms with Gasteiger partial charge in [0.25, 0.3) is 0 Å². The van der Waals surface area contributed by atoms with E-state index in [2.05, 4.69) is 21.3 Å². The van der Waals surface area contributed by atoms with Gasteiger partial charge < -0.3 is 9.47 Å². The van der Waals surface area contributed by atoms with Crippen molar-refractivity contribution >= 4 is 22.6 Å². The molecule has 6 heteroatoms. The number of carbonyl (C=O) groups is 1. The van der Waals surface area contributed by atoms with Crippen molar-refractivity contribution in [1.82, 2.24) is 9.97 Å². The van der Waals surface area contributed by atoms with Crippen molar-refractivity contribution in [2.24, 2.45) is 0 Å². The van der Waals surface area contributed by atoms with Gasteiger partial charge in [-0.25, -0.2) is 14.2 Å². The summed E-state index contributed by atoms with van der Waals surface area (Å²) in [5.74, 6) is -1.13. The number of esters is 1. The maximum atomic E-state index is 13.9. The first-order valence-corrected chi connectivity index (χ1v) is 5.35. The van der Waals surface area contributed by atoms with Gasteiger partial charge in [0.2, 0.25) is 5.88 Å². The van der Waals surface area contributed by atoms with Gasteiger partial charge in [-0.05, 0) is 6.07 Å². The van der Waals surface area contributed by atoms with E-state index in [9.17, 15) is 9.18 Å². The Bertz CT molecular complexity index is 670. The van der Waals surface area contributed by atoms with Gasteiger partial charge in [0.05, 0.1) is 37.1 Å². The van der Waals surface area contributed by atoms with Crippen molar-refractivity contribution in [2.45, 2.75) is 0 Å². The number of halogens is 1. The lowest BCUT2D eigenvalue weighted by Crippen LogP contribution is -2.06. The van der Waals surface area contributed by atoms with E-state index in [1.165, 1.54) is 14.2 Å². The highest BCUT2D eigenvalue weighted by atomic mass is 19.1. The van der Waals surface area contributed by atoms with E-state index < -0.39 is 11.8 Å². The molecule has 0 atom stereocenters. The van der Waals surface area contributed by atoms with Crippen molar-refractivity contribution in [1.29, 1.82) is 0 Å². The van der Waals surface area contributed by atoms with E-state index in [1.807, 2.05) is 0 Å². The molecule has 19 heavy (non-hydrogen) atoms. The monoisotopic (exact) mass is 262 g/mol. The van der Waals surface area contributed by atoms with Gasteiger partial charge in [0, 0.05) is 6.07 Å². The SMILES string of the molecule is C=C(C(=O)OC)c1c(F)cnc2ccc(OC)nc12. The van der Waals surface area contributed by atoms with Crippen molar-refractivity contribution in [2.75, 3.05) is 14.2 Å². The average molecular weight is 262 g/mol. The van der Waals surface area contributed by atoms with Crippen LogP contribution in [0.4, 0.5) is 4.39 Å². The minimum atomic E-state index is -0.726. The molecule has 98 valence electrons. The first-order chi connectivity index (χ1) is 9.08. The third-order valence-electron chi connectivity index (χ3n) is 2.58. The van der Waals surface area contributed by atoms with Gasteiger partial charge in [0.1, 0.15) is 5.52 Å². The third kappa shape index (κ3) is 2.24. The van der Waals surface area contributed by atoms with E-state index in [4.69, 9.17) is 4.74 Å². The molecule has 0 fully saturated rings. The first kappa shape index (κ1) is 12.9. The minimum Gasteiger partial charge on any atom is -0.481 e. The van der Waals surface area contributed by atoms with Crippen molar-refractivity contribution < 1.29 is 18.7 Å². The Morgan fingerprint density at radius 3 is 2.74 bits per heavy atom. The number of methoxy groups -OCH3 is 2. The molecule has 0 N–H and O–H groups in total. The van der Waals surface area contributed by atoms with Crippen LogP contribution in [0.3, 0.4) is 0 Å². The van der Waals surface area contributed by atoms with E-state index in [0.29, 0.717) is 11.4 Å². The Morgan fingerprint density at radius 1 is 1.37 bits per heavy atom. The zero-order valence-corrected chi connectivity index (χ0v) is 10.4. The van der Waals surface area contributed by atoms with Crippen LogP contribution >= 0.6 is 0 Å². The number of fused-ring (bicyclic) bond motifs is 1. The summed E-state index contributed by atoms with van der Waals surface area (Å²) >= 11 is 0. The van der Waals surface area contributed by atoms with Crippen LogP contribution in [0.25, 0.3) is 16.6 Å². The molecule has 0 amide bonds. The number of rotatable bonds is 3. The number of hydrogen-bond donors (Lipinski definition) is 0.